The first-order valence-electron chi connectivity index (χ1n) is 8.33. The second kappa shape index (κ2) is 7.62. The van der Waals surface area contributed by atoms with Crippen LogP contribution in [0.25, 0.3) is 0 Å². The number of hydrogen-bond acceptors (Lipinski definition) is 3. The van der Waals surface area contributed by atoms with Crippen molar-refractivity contribution in [2.24, 2.45) is 5.92 Å². The Labute approximate surface area is 146 Å². The normalized spacial score (nSPS) is 15.5. The van der Waals surface area contributed by atoms with Crippen LogP contribution < -0.4 is 10.2 Å². The second-order valence-corrected chi connectivity index (χ2v) is 7.25. The van der Waals surface area contributed by atoms with E-state index in [2.05, 4.69) is 11.4 Å². The lowest BCUT2D eigenvalue weighted by Gasteiger charge is -2.17. The van der Waals surface area contributed by atoms with Crippen molar-refractivity contribution in [3.05, 3.63) is 52.2 Å². The molecule has 2 amide bonds. The average molecular weight is 342 g/mol. The van der Waals surface area contributed by atoms with E-state index in [1.165, 1.54) is 4.88 Å². The molecular formula is C19H22N2O2S. The largest absolute Gasteiger partial charge is 0.352 e. The van der Waals surface area contributed by atoms with Crippen LogP contribution in [0.3, 0.4) is 0 Å². The van der Waals surface area contributed by atoms with Crippen LogP contribution in [-0.4, -0.2) is 18.4 Å². The van der Waals surface area contributed by atoms with Gasteiger partial charge in [0.1, 0.15) is 0 Å². The van der Waals surface area contributed by atoms with E-state index in [-0.39, 0.29) is 17.7 Å². The van der Waals surface area contributed by atoms with Gasteiger partial charge in [-0.25, -0.2) is 0 Å². The van der Waals surface area contributed by atoms with E-state index in [0.717, 1.165) is 30.6 Å². The lowest BCUT2D eigenvalue weighted by Crippen LogP contribution is -2.30. The molecule has 2 heterocycles. The smallest absolute Gasteiger partial charge is 0.227 e. The fourth-order valence-electron chi connectivity index (χ4n) is 2.94. The fourth-order valence-corrected chi connectivity index (χ4v) is 3.78. The molecule has 1 atom stereocenters. The third kappa shape index (κ3) is 4.03. The molecule has 4 nitrogen and oxygen atoms in total. The zero-order valence-electron chi connectivity index (χ0n) is 13.8. The lowest BCUT2D eigenvalue weighted by molar-refractivity contribution is -0.124. The van der Waals surface area contributed by atoms with Crippen LogP contribution in [0.5, 0.6) is 0 Å². The number of carbonyl (C=O) groups excluding carboxylic acids is 2. The van der Waals surface area contributed by atoms with Gasteiger partial charge in [-0.2, -0.15) is 0 Å². The van der Waals surface area contributed by atoms with Crippen molar-refractivity contribution in [1.29, 1.82) is 0 Å². The molecule has 1 saturated heterocycles. The monoisotopic (exact) mass is 342 g/mol. The van der Waals surface area contributed by atoms with Crippen molar-refractivity contribution < 1.29 is 9.59 Å². The Bertz CT molecular complexity index is 712. The van der Waals surface area contributed by atoms with Gasteiger partial charge in [0, 0.05) is 36.0 Å². The highest BCUT2D eigenvalue weighted by molar-refractivity contribution is 7.09. The van der Waals surface area contributed by atoms with Gasteiger partial charge >= 0.3 is 0 Å². The lowest BCUT2D eigenvalue weighted by atomic mass is 10.1. The van der Waals surface area contributed by atoms with Crippen LogP contribution in [0.15, 0.2) is 41.8 Å². The number of rotatable bonds is 6. The minimum atomic E-state index is -0.0491. The Balaban J connectivity index is 1.56. The summed E-state index contributed by atoms with van der Waals surface area (Å²) in [5.74, 6) is 0.193. The molecule has 0 saturated carbocycles. The first-order chi connectivity index (χ1) is 11.6. The maximum atomic E-state index is 12.3. The van der Waals surface area contributed by atoms with Gasteiger partial charge in [0.15, 0.2) is 0 Å². The van der Waals surface area contributed by atoms with Gasteiger partial charge in [-0.05, 0) is 42.0 Å². The van der Waals surface area contributed by atoms with Crippen LogP contribution >= 0.6 is 11.3 Å². The van der Waals surface area contributed by atoms with E-state index >= 15 is 0 Å². The van der Waals surface area contributed by atoms with Crippen LogP contribution in [0.2, 0.25) is 0 Å². The Morgan fingerprint density at radius 2 is 2.21 bits per heavy atom. The number of amides is 2. The topological polar surface area (TPSA) is 49.4 Å². The van der Waals surface area contributed by atoms with Gasteiger partial charge < -0.3 is 10.2 Å². The summed E-state index contributed by atoms with van der Waals surface area (Å²) < 4.78 is 0. The first-order valence-corrected chi connectivity index (χ1v) is 9.21. The average Bonchev–Trinajstić information content (AvgIpc) is 3.24. The van der Waals surface area contributed by atoms with Gasteiger partial charge in [0.05, 0.1) is 0 Å². The van der Waals surface area contributed by atoms with E-state index in [0.29, 0.717) is 13.0 Å². The van der Waals surface area contributed by atoms with Gasteiger partial charge in [-0.3, -0.25) is 9.59 Å². The molecule has 3 rings (SSSR count). The van der Waals surface area contributed by atoms with Crippen molar-refractivity contribution in [3.8, 4) is 0 Å². The summed E-state index contributed by atoms with van der Waals surface area (Å²) >= 11 is 1.68. The van der Waals surface area contributed by atoms with Crippen molar-refractivity contribution >= 4 is 28.8 Å². The van der Waals surface area contributed by atoms with Gasteiger partial charge in [0.25, 0.3) is 0 Å². The van der Waals surface area contributed by atoms with Crippen molar-refractivity contribution in [3.63, 3.8) is 0 Å². The third-order valence-corrected chi connectivity index (χ3v) is 5.20. The summed E-state index contributed by atoms with van der Waals surface area (Å²) in [7, 11) is 0. The van der Waals surface area contributed by atoms with Crippen LogP contribution in [-0.2, 0) is 22.6 Å². The zero-order valence-corrected chi connectivity index (χ0v) is 14.6. The van der Waals surface area contributed by atoms with E-state index in [4.69, 9.17) is 0 Å². The zero-order chi connectivity index (χ0) is 16.9. The maximum absolute atomic E-state index is 12.3. The molecular weight excluding hydrogens is 320 g/mol. The van der Waals surface area contributed by atoms with Gasteiger partial charge in [-0.15, -0.1) is 11.3 Å². The minimum absolute atomic E-state index is 0.0491. The summed E-state index contributed by atoms with van der Waals surface area (Å²) in [5.41, 5.74) is 1.94. The number of hydrogen-bond donors (Lipinski definition) is 1. The molecule has 2 aromatic rings. The highest BCUT2D eigenvalue weighted by Crippen LogP contribution is 2.22. The van der Waals surface area contributed by atoms with E-state index in [1.807, 2.05) is 47.5 Å². The standard InChI is InChI=1S/C19H22N2O2S/c1-14(11-17-7-4-10-24-17)19(23)20-13-15-5-2-6-16(12-15)21-9-3-8-18(21)22/h2,4-7,10,12,14H,3,8-9,11,13H2,1H3,(H,20,23). The van der Waals surface area contributed by atoms with E-state index in [9.17, 15) is 9.59 Å². The molecule has 5 heteroatoms. The summed E-state index contributed by atoms with van der Waals surface area (Å²) in [6.07, 6.45) is 2.31. The number of carbonyl (C=O) groups is 2. The van der Waals surface area contributed by atoms with Crippen LogP contribution in [0, 0.1) is 5.92 Å². The van der Waals surface area contributed by atoms with E-state index in [1.54, 1.807) is 11.3 Å². The molecule has 0 radical (unpaired) electrons. The molecule has 1 aromatic carbocycles. The molecule has 1 aliphatic heterocycles. The Morgan fingerprint density at radius 3 is 2.92 bits per heavy atom. The summed E-state index contributed by atoms with van der Waals surface area (Å²) in [6.45, 7) is 3.23. The molecule has 1 aromatic heterocycles. The first kappa shape index (κ1) is 16.7. The SMILES string of the molecule is CC(Cc1cccs1)C(=O)NCc1cccc(N2CCCC2=O)c1. The number of benzene rings is 1. The highest BCUT2D eigenvalue weighted by atomic mass is 32.1. The van der Waals surface area contributed by atoms with E-state index < -0.39 is 0 Å². The van der Waals surface area contributed by atoms with Crippen LogP contribution in [0.4, 0.5) is 5.69 Å². The number of nitrogens with one attached hydrogen (secondary N) is 1. The number of anilines is 1. The Morgan fingerprint density at radius 1 is 1.33 bits per heavy atom. The second-order valence-electron chi connectivity index (χ2n) is 6.22. The minimum Gasteiger partial charge on any atom is -0.352 e. The molecule has 1 fully saturated rings. The predicted molar refractivity (Wildman–Crippen MR) is 97.1 cm³/mol. The summed E-state index contributed by atoms with van der Waals surface area (Å²) in [6, 6.07) is 11.9. The van der Waals surface area contributed by atoms with Crippen LogP contribution in [0.1, 0.15) is 30.2 Å². The van der Waals surface area contributed by atoms with Crippen molar-refractivity contribution in [2.75, 3.05) is 11.4 Å². The molecule has 1 N–H and O–H groups in total. The molecule has 126 valence electrons. The van der Waals surface area contributed by atoms with Crippen molar-refractivity contribution in [2.45, 2.75) is 32.7 Å². The fraction of sp³-hybridized carbons (Fsp3) is 0.368. The highest BCUT2D eigenvalue weighted by Gasteiger charge is 2.21. The van der Waals surface area contributed by atoms with Crippen molar-refractivity contribution in [1.82, 2.24) is 5.32 Å². The Hall–Kier alpha value is -2.14. The third-order valence-electron chi connectivity index (χ3n) is 4.30. The molecule has 0 aliphatic carbocycles. The molecule has 0 bridgehead atoms. The summed E-state index contributed by atoms with van der Waals surface area (Å²) in [4.78, 5) is 27.2. The van der Waals surface area contributed by atoms with Gasteiger partial charge in [0.2, 0.25) is 11.8 Å². The molecule has 24 heavy (non-hydrogen) atoms. The predicted octanol–water partition coefficient (Wildman–Crippen LogP) is 3.37. The summed E-state index contributed by atoms with van der Waals surface area (Å²) in [5, 5.41) is 5.04. The number of thiophene rings is 1. The number of nitrogens with zero attached hydrogens (tertiary/aromatic N) is 1. The maximum Gasteiger partial charge on any atom is 0.227 e. The molecule has 1 unspecified atom stereocenters. The molecule has 1 aliphatic rings. The quantitative estimate of drug-likeness (QED) is 0.875. The van der Waals surface area contributed by atoms with Gasteiger partial charge in [-0.1, -0.05) is 25.1 Å². The molecule has 0 spiro atoms. The Kier molecular flexibility index (Phi) is 5.30.